The van der Waals surface area contributed by atoms with Crippen molar-refractivity contribution in [3.8, 4) is 0 Å². The molecule has 1 aromatic carbocycles. The standard InChI is InChI=1S/C8H7ClO/c9-8(6-10)7-4-2-1-3-5-7/h1-6,8H/t8-/m1/s1. The van der Waals surface area contributed by atoms with E-state index in [4.69, 9.17) is 11.6 Å². The van der Waals surface area contributed by atoms with Crippen molar-refractivity contribution in [2.75, 3.05) is 0 Å². The number of aldehydes is 1. The van der Waals surface area contributed by atoms with Crippen LogP contribution in [0.2, 0.25) is 0 Å². The van der Waals surface area contributed by atoms with E-state index in [-0.39, 0.29) is 0 Å². The van der Waals surface area contributed by atoms with E-state index in [1.165, 1.54) is 0 Å². The smallest absolute Gasteiger partial charge is 0.142 e. The molecule has 1 atom stereocenters. The van der Waals surface area contributed by atoms with Crippen LogP contribution in [-0.2, 0) is 4.79 Å². The normalized spacial score (nSPS) is 12.5. The van der Waals surface area contributed by atoms with Crippen LogP contribution in [0.4, 0.5) is 0 Å². The third kappa shape index (κ3) is 1.58. The molecule has 10 heavy (non-hydrogen) atoms. The van der Waals surface area contributed by atoms with E-state index in [1.807, 2.05) is 30.3 Å². The summed E-state index contributed by atoms with van der Waals surface area (Å²) < 4.78 is 0. The first-order chi connectivity index (χ1) is 4.84. The van der Waals surface area contributed by atoms with Crippen LogP contribution in [0.3, 0.4) is 0 Å². The summed E-state index contributed by atoms with van der Waals surface area (Å²) in [5.41, 5.74) is 0.846. The number of benzene rings is 1. The molecule has 0 aliphatic carbocycles. The van der Waals surface area contributed by atoms with Gasteiger partial charge in [-0.15, -0.1) is 11.6 Å². The second kappa shape index (κ2) is 3.37. The Morgan fingerprint density at radius 3 is 2.40 bits per heavy atom. The molecule has 0 fully saturated rings. The number of rotatable bonds is 2. The molecule has 0 aliphatic heterocycles. The third-order valence-electron chi connectivity index (χ3n) is 1.24. The lowest BCUT2D eigenvalue weighted by Gasteiger charge is -1.98. The highest BCUT2D eigenvalue weighted by molar-refractivity contribution is 6.27. The number of alkyl halides is 1. The maximum Gasteiger partial charge on any atom is 0.142 e. The maximum atomic E-state index is 10.2. The summed E-state index contributed by atoms with van der Waals surface area (Å²) in [5, 5.41) is -0.499. The Labute approximate surface area is 64.6 Å². The largest absolute Gasteiger partial charge is 0.301 e. The van der Waals surface area contributed by atoms with E-state index in [2.05, 4.69) is 0 Å². The molecule has 0 unspecified atom stereocenters. The molecule has 0 saturated heterocycles. The van der Waals surface area contributed by atoms with Gasteiger partial charge in [0.05, 0.1) is 0 Å². The van der Waals surface area contributed by atoms with Crippen molar-refractivity contribution in [3.05, 3.63) is 35.9 Å². The average molecular weight is 155 g/mol. The minimum absolute atomic E-state index is 0.499. The van der Waals surface area contributed by atoms with Crippen LogP contribution in [0.25, 0.3) is 0 Å². The van der Waals surface area contributed by atoms with Gasteiger partial charge in [0.25, 0.3) is 0 Å². The summed E-state index contributed by atoms with van der Waals surface area (Å²) in [6.07, 6.45) is 0.719. The zero-order chi connectivity index (χ0) is 7.40. The van der Waals surface area contributed by atoms with Crippen molar-refractivity contribution in [2.24, 2.45) is 0 Å². The predicted octanol–water partition coefficient (Wildman–Crippen LogP) is 2.17. The molecule has 2 heteroatoms. The second-order valence-corrected chi connectivity index (χ2v) is 2.42. The molecule has 52 valence electrons. The Bertz CT molecular complexity index is 208. The van der Waals surface area contributed by atoms with E-state index >= 15 is 0 Å². The van der Waals surface area contributed by atoms with Crippen LogP contribution in [0, 0.1) is 0 Å². The number of hydrogen-bond acceptors (Lipinski definition) is 1. The topological polar surface area (TPSA) is 17.1 Å². The molecule has 0 radical (unpaired) electrons. The van der Waals surface area contributed by atoms with E-state index in [9.17, 15) is 4.79 Å². The second-order valence-electron chi connectivity index (χ2n) is 1.95. The molecule has 0 aromatic heterocycles. The fraction of sp³-hybridized carbons (Fsp3) is 0.125. The van der Waals surface area contributed by atoms with Crippen LogP contribution in [-0.4, -0.2) is 6.29 Å². The van der Waals surface area contributed by atoms with Gasteiger partial charge in [-0.25, -0.2) is 0 Å². The van der Waals surface area contributed by atoms with Crippen LogP contribution in [0.5, 0.6) is 0 Å². The van der Waals surface area contributed by atoms with Gasteiger partial charge in [-0.3, -0.25) is 0 Å². The van der Waals surface area contributed by atoms with Gasteiger partial charge < -0.3 is 4.79 Å². The quantitative estimate of drug-likeness (QED) is 0.471. The fourth-order valence-corrected chi connectivity index (χ4v) is 0.861. The van der Waals surface area contributed by atoms with Crippen molar-refractivity contribution in [2.45, 2.75) is 5.38 Å². The Balaban J connectivity index is 2.84. The van der Waals surface area contributed by atoms with Crippen LogP contribution in [0.1, 0.15) is 10.9 Å². The molecule has 1 nitrogen and oxygen atoms in total. The summed E-state index contributed by atoms with van der Waals surface area (Å²) in [6, 6.07) is 9.25. The van der Waals surface area contributed by atoms with Gasteiger partial charge >= 0.3 is 0 Å². The average Bonchev–Trinajstić information content (AvgIpc) is 2.05. The van der Waals surface area contributed by atoms with Crippen LogP contribution >= 0.6 is 11.6 Å². The minimum atomic E-state index is -0.499. The maximum absolute atomic E-state index is 10.2. The molecule has 0 amide bonds. The zero-order valence-electron chi connectivity index (χ0n) is 5.33. The molecule has 1 rings (SSSR count). The summed E-state index contributed by atoms with van der Waals surface area (Å²) in [5.74, 6) is 0. The summed E-state index contributed by atoms with van der Waals surface area (Å²) >= 11 is 5.62. The summed E-state index contributed by atoms with van der Waals surface area (Å²) in [4.78, 5) is 10.2. The van der Waals surface area contributed by atoms with E-state index in [1.54, 1.807) is 0 Å². The first kappa shape index (κ1) is 7.29. The van der Waals surface area contributed by atoms with Gasteiger partial charge in [0.2, 0.25) is 0 Å². The Morgan fingerprint density at radius 2 is 1.90 bits per heavy atom. The molecule has 0 aliphatic rings. The predicted molar refractivity (Wildman–Crippen MR) is 41.1 cm³/mol. The summed E-state index contributed by atoms with van der Waals surface area (Å²) in [7, 11) is 0. The lowest BCUT2D eigenvalue weighted by Crippen LogP contribution is -1.88. The monoisotopic (exact) mass is 154 g/mol. The van der Waals surface area contributed by atoms with Gasteiger partial charge in [0.15, 0.2) is 0 Å². The molecule has 0 saturated carbocycles. The highest BCUT2D eigenvalue weighted by atomic mass is 35.5. The zero-order valence-corrected chi connectivity index (χ0v) is 6.08. The number of carbonyl (C=O) groups is 1. The van der Waals surface area contributed by atoms with Crippen molar-refractivity contribution in [1.29, 1.82) is 0 Å². The van der Waals surface area contributed by atoms with Crippen molar-refractivity contribution in [3.63, 3.8) is 0 Å². The Morgan fingerprint density at radius 1 is 1.30 bits per heavy atom. The molecule has 1 aromatic rings. The van der Waals surface area contributed by atoms with Gasteiger partial charge in [-0.1, -0.05) is 30.3 Å². The number of halogens is 1. The number of carbonyl (C=O) groups excluding carboxylic acids is 1. The molecular weight excluding hydrogens is 148 g/mol. The van der Waals surface area contributed by atoms with Crippen molar-refractivity contribution in [1.82, 2.24) is 0 Å². The van der Waals surface area contributed by atoms with Crippen molar-refractivity contribution < 1.29 is 4.79 Å². The molecule has 0 N–H and O–H groups in total. The highest BCUT2D eigenvalue weighted by Gasteiger charge is 2.02. The van der Waals surface area contributed by atoms with Gasteiger partial charge in [-0.05, 0) is 5.56 Å². The lowest BCUT2D eigenvalue weighted by atomic mass is 10.2. The number of hydrogen-bond donors (Lipinski definition) is 0. The Kier molecular flexibility index (Phi) is 2.46. The lowest BCUT2D eigenvalue weighted by molar-refractivity contribution is -0.107. The molecule has 0 heterocycles. The SMILES string of the molecule is O=C[C@@H](Cl)c1ccccc1. The molecule has 0 bridgehead atoms. The van der Waals surface area contributed by atoms with Gasteiger partial charge in [0, 0.05) is 0 Å². The van der Waals surface area contributed by atoms with Gasteiger partial charge in [-0.2, -0.15) is 0 Å². The van der Waals surface area contributed by atoms with Gasteiger partial charge in [0.1, 0.15) is 11.7 Å². The van der Waals surface area contributed by atoms with E-state index in [0.29, 0.717) is 0 Å². The Hall–Kier alpha value is -0.820. The molecular formula is C8H7ClO. The third-order valence-corrected chi connectivity index (χ3v) is 1.59. The van der Waals surface area contributed by atoms with E-state index < -0.39 is 5.38 Å². The minimum Gasteiger partial charge on any atom is -0.301 e. The fourth-order valence-electron chi connectivity index (χ4n) is 0.715. The van der Waals surface area contributed by atoms with Crippen LogP contribution in [0.15, 0.2) is 30.3 Å². The van der Waals surface area contributed by atoms with E-state index in [0.717, 1.165) is 11.8 Å². The van der Waals surface area contributed by atoms with Crippen molar-refractivity contribution >= 4 is 17.9 Å². The highest BCUT2D eigenvalue weighted by Crippen LogP contribution is 2.15. The first-order valence-corrected chi connectivity index (χ1v) is 3.42. The van der Waals surface area contributed by atoms with Crippen LogP contribution < -0.4 is 0 Å². The summed E-state index contributed by atoms with van der Waals surface area (Å²) in [6.45, 7) is 0. The first-order valence-electron chi connectivity index (χ1n) is 2.99. The molecule has 0 spiro atoms.